The van der Waals surface area contributed by atoms with Crippen LogP contribution < -0.4 is 0 Å². The standard InChI is InChI=1S/C12H23NO/c1-2-6-13-11-4-3-5-12(13)8-10(7-11)9-14/h10-12,14H,2-9H2,1H3/t11-,12-/m1/s1. The lowest BCUT2D eigenvalue weighted by Crippen LogP contribution is -2.52. The van der Waals surface area contributed by atoms with Crippen LogP contribution in [0.15, 0.2) is 0 Å². The number of nitrogens with zero attached hydrogens (tertiary/aromatic N) is 1. The first-order chi connectivity index (χ1) is 6.85. The molecule has 0 aromatic carbocycles. The summed E-state index contributed by atoms with van der Waals surface area (Å²) in [5, 5.41) is 9.24. The highest BCUT2D eigenvalue weighted by atomic mass is 16.3. The number of piperidine rings is 2. The molecule has 0 saturated carbocycles. The van der Waals surface area contributed by atoms with Gasteiger partial charge in [-0.2, -0.15) is 0 Å². The third-order valence-corrected chi connectivity index (χ3v) is 3.96. The molecule has 82 valence electrons. The summed E-state index contributed by atoms with van der Waals surface area (Å²) in [6, 6.07) is 1.58. The lowest BCUT2D eigenvalue weighted by molar-refractivity contribution is -0.000815. The number of fused-ring (bicyclic) bond motifs is 2. The molecule has 2 aliphatic heterocycles. The monoisotopic (exact) mass is 197 g/mol. The van der Waals surface area contributed by atoms with Crippen LogP contribution in [0.5, 0.6) is 0 Å². The summed E-state index contributed by atoms with van der Waals surface area (Å²) in [6.07, 6.45) is 7.91. The number of aliphatic hydroxyl groups is 1. The third-order valence-electron chi connectivity index (χ3n) is 3.96. The molecule has 2 heteroatoms. The van der Waals surface area contributed by atoms with Crippen LogP contribution in [-0.2, 0) is 0 Å². The largest absolute Gasteiger partial charge is 0.396 e. The second-order valence-electron chi connectivity index (χ2n) is 5.00. The van der Waals surface area contributed by atoms with E-state index in [0.29, 0.717) is 12.5 Å². The Hall–Kier alpha value is -0.0800. The molecule has 2 bridgehead atoms. The van der Waals surface area contributed by atoms with Gasteiger partial charge in [0.2, 0.25) is 0 Å². The molecule has 2 rings (SSSR count). The van der Waals surface area contributed by atoms with Gasteiger partial charge in [-0.25, -0.2) is 0 Å². The van der Waals surface area contributed by atoms with Gasteiger partial charge in [0.05, 0.1) is 0 Å². The smallest absolute Gasteiger partial charge is 0.0460 e. The highest BCUT2D eigenvalue weighted by Crippen LogP contribution is 2.36. The molecule has 14 heavy (non-hydrogen) atoms. The summed E-state index contributed by atoms with van der Waals surface area (Å²) < 4.78 is 0. The van der Waals surface area contributed by atoms with E-state index in [0.717, 1.165) is 12.1 Å². The van der Waals surface area contributed by atoms with Gasteiger partial charge in [0.25, 0.3) is 0 Å². The molecule has 2 fully saturated rings. The van der Waals surface area contributed by atoms with Crippen molar-refractivity contribution in [2.45, 2.75) is 57.5 Å². The van der Waals surface area contributed by atoms with Crippen LogP contribution in [0, 0.1) is 5.92 Å². The van der Waals surface area contributed by atoms with E-state index in [1.807, 2.05) is 0 Å². The van der Waals surface area contributed by atoms with E-state index >= 15 is 0 Å². The van der Waals surface area contributed by atoms with Crippen LogP contribution in [0.1, 0.15) is 45.4 Å². The molecule has 0 aromatic heterocycles. The van der Waals surface area contributed by atoms with E-state index < -0.39 is 0 Å². The minimum Gasteiger partial charge on any atom is -0.396 e. The molecule has 0 aromatic rings. The summed E-state index contributed by atoms with van der Waals surface area (Å²) in [5.41, 5.74) is 0. The Morgan fingerprint density at radius 2 is 1.86 bits per heavy atom. The Balaban J connectivity index is 1.99. The van der Waals surface area contributed by atoms with Crippen LogP contribution in [0.3, 0.4) is 0 Å². The van der Waals surface area contributed by atoms with Gasteiger partial charge in [0.15, 0.2) is 0 Å². The van der Waals surface area contributed by atoms with Crippen molar-refractivity contribution in [1.82, 2.24) is 4.90 Å². The Bertz CT molecular complexity index is 169. The van der Waals surface area contributed by atoms with Gasteiger partial charge in [-0.3, -0.25) is 4.90 Å². The first-order valence-corrected chi connectivity index (χ1v) is 6.21. The quantitative estimate of drug-likeness (QED) is 0.748. The molecule has 0 unspecified atom stereocenters. The second kappa shape index (κ2) is 4.63. The number of hydrogen-bond acceptors (Lipinski definition) is 2. The maximum atomic E-state index is 9.24. The zero-order chi connectivity index (χ0) is 9.97. The minimum atomic E-state index is 0.410. The summed E-state index contributed by atoms with van der Waals surface area (Å²) >= 11 is 0. The number of rotatable bonds is 3. The van der Waals surface area contributed by atoms with Crippen molar-refractivity contribution in [3.05, 3.63) is 0 Å². The molecule has 0 amide bonds. The predicted octanol–water partition coefficient (Wildman–Crippen LogP) is 2.02. The first kappa shape index (κ1) is 10.4. The fourth-order valence-corrected chi connectivity index (χ4v) is 3.36. The summed E-state index contributed by atoms with van der Waals surface area (Å²) in [4.78, 5) is 2.72. The van der Waals surface area contributed by atoms with Crippen LogP contribution in [0.25, 0.3) is 0 Å². The molecule has 0 aliphatic carbocycles. The minimum absolute atomic E-state index is 0.410. The van der Waals surface area contributed by atoms with Crippen molar-refractivity contribution in [2.24, 2.45) is 5.92 Å². The van der Waals surface area contributed by atoms with Crippen molar-refractivity contribution in [1.29, 1.82) is 0 Å². The molecule has 0 spiro atoms. The van der Waals surface area contributed by atoms with Crippen LogP contribution in [-0.4, -0.2) is 35.2 Å². The third kappa shape index (κ3) is 1.96. The zero-order valence-corrected chi connectivity index (χ0v) is 9.28. The van der Waals surface area contributed by atoms with Gasteiger partial charge in [-0.15, -0.1) is 0 Å². The Kier molecular flexibility index (Phi) is 3.45. The van der Waals surface area contributed by atoms with E-state index in [1.165, 1.54) is 45.1 Å². The average molecular weight is 197 g/mol. The number of aliphatic hydroxyl groups excluding tert-OH is 1. The van der Waals surface area contributed by atoms with Gasteiger partial charge in [0, 0.05) is 18.7 Å². The topological polar surface area (TPSA) is 23.5 Å². The first-order valence-electron chi connectivity index (χ1n) is 6.21. The zero-order valence-electron chi connectivity index (χ0n) is 9.28. The molecule has 2 saturated heterocycles. The van der Waals surface area contributed by atoms with Gasteiger partial charge in [-0.1, -0.05) is 13.3 Å². The molecule has 2 nitrogen and oxygen atoms in total. The summed E-state index contributed by atoms with van der Waals surface area (Å²) in [7, 11) is 0. The van der Waals surface area contributed by atoms with Crippen molar-refractivity contribution in [3.8, 4) is 0 Å². The SMILES string of the molecule is CCCN1[C@@H]2CCC[C@@H]1CC(CO)C2. The van der Waals surface area contributed by atoms with Crippen molar-refractivity contribution >= 4 is 0 Å². The molecule has 0 radical (unpaired) electrons. The summed E-state index contributed by atoms with van der Waals surface area (Å²) in [5.74, 6) is 0.596. The van der Waals surface area contributed by atoms with E-state index in [-0.39, 0.29) is 0 Å². The van der Waals surface area contributed by atoms with E-state index in [4.69, 9.17) is 0 Å². The Morgan fingerprint density at radius 1 is 1.21 bits per heavy atom. The lowest BCUT2D eigenvalue weighted by atomic mass is 9.78. The van der Waals surface area contributed by atoms with Gasteiger partial charge in [0.1, 0.15) is 0 Å². The lowest BCUT2D eigenvalue weighted by Gasteiger charge is -2.48. The van der Waals surface area contributed by atoms with E-state index in [2.05, 4.69) is 11.8 Å². The van der Waals surface area contributed by atoms with Crippen LogP contribution in [0.2, 0.25) is 0 Å². The number of hydrogen-bond donors (Lipinski definition) is 1. The normalized spacial score (nSPS) is 38.6. The highest BCUT2D eigenvalue weighted by molar-refractivity contribution is 4.91. The van der Waals surface area contributed by atoms with Gasteiger partial charge < -0.3 is 5.11 Å². The fraction of sp³-hybridized carbons (Fsp3) is 1.00. The Morgan fingerprint density at radius 3 is 2.36 bits per heavy atom. The fourth-order valence-electron chi connectivity index (χ4n) is 3.36. The molecular weight excluding hydrogens is 174 g/mol. The van der Waals surface area contributed by atoms with Crippen molar-refractivity contribution in [2.75, 3.05) is 13.2 Å². The molecule has 2 atom stereocenters. The van der Waals surface area contributed by atoms with E-state index in [9.17, 15) is 5.11 Å². The molecule has 2 heterocycles. The predicted molar refractivity (Wildman–Crippen MR) is 58.2 cm³/mol. The Labute approximate surface area is 87.3 Å². The molecule has 2 aliphatic rings. The highest BCUT2D eigenvalue weighted by Gasteiger charge is 2.36. The van der Waals surface area contributed by atoms with Crippen molar-refractivity contribution < 1.29 is 5.11 Å². The average Bonchev–Trinajstić information content (AvgIpc) is 2.17. The van der Waals surface area contributed by atoms with Gasteiger partial charge in [-0.05, 0) is 44.6 Å². The second-order valence-corrected chi connectivity index (χ2v) is 5.00. The summed E-state index contributed by atoms with van der Waals surface area (Å²) in [6.45, 7) is 3.95. The van der Waals surface area contributed by atoms with Gasteiger partial charge >= 0.3 is 0 Å². The maximum Gasteiger partial charge on any atom is 0.0460 e. The maximum absolute atomic E-state index is 9.24. The van der Waals surface area contributed by atoms with Crippen molar-refractivity contribution in [3.63, 3.8) is 0 Å². The van der Waals surface area contributed by atoms with Crippen LogP contribution in [0.4, 0.5) is 0 Å². The van der Waals surface area contributed by atoms with E-state index in [1.54, 1.807) is 0 Å². The molecule has 1 N–H and O–H groups in total. The molecular formula is C12H23NO. The van der Waals surface area contributed by atoms with Crippen LogP contribution >= 0.6 is 0 Å².